The summed E-state index contributed by atoms with van der Waals surface area (Å²) in [6, 6.07) is -0.242. The van der Waals surface area contributed by atoms with Gasteiger partial charge in [0.2, 0.25) is 5.91 Å². The van der Waals surface area contributed by atoms with Crippen molar-refractivity contribution < 1.29 is 17.9 Å². The van der Waals surface area contributed by atoms with E-state index in [1.54, 1.807) is 12.0 Å². The first-order valence-corrected chi connectivity index (χ1v) is 8.56. The number of piperidine rings is 1. The monoisotopic (exact) mass is 290 g/mol. The number of ether oxygens (including phenoxy) is 1. The zero-order valence-electron chi connectivity index (χ0n) is 11.3. The minimum Gasteiger partial charge on any atom is -0.380 e. The number of nitrogens with zero attached hydrogens (tertiary/aromatic N) is 1. The Morgan fingerprint density at radius 1 is 1.47 bits per heavy atom. The molecule has 19 heavy (non-hydrogen) atoms. The third kappa shape index (κ3) is 4.15. The van der Waals surface area contributed by atoms with Gasteiger partial charge in [-0.1, -0.05) is 0 Å². The molecular weight excluding hydrogens is 268 g/mol. The molecule has 0 bridgehead atoms. The van der Waals surface area contributed by atoms with Crippen molar-refractivity contribution in [3.8, 4) is 0 Å². The number of hydrogen-bond donors (Lipinski definition) is 1. The van der Waals surface area contributed by atoms with E-state index in [0.29, 0.717) is 13.1 Å². The molecular formula is C12H22N2O4S. The van der Waals surface area contributed by atoms with Gasteiger partial charge in [0.15, 0.2) is 9.84 Å². The van der Waals surface area contributed by atoms with Crippen LogP contribution in [0.4, 0.5) is 0 Å². The number of likely N-dealkylation sites (tertiary alicyclic amines) is 1. The summed E-state index contributed by atoms with van der Waals surface area (Å²) in [5, 5.41) is 3.11. The number of carbonyl (C=O) groups excluding carboxylic acids is 1. The Morgan fingerprint density at radius 2 is 2.26 bits per heavy atom. The van der Waals surface area contributed by atoms with Crippen molar-refractivity contribution >= 4 is 15.7 Å². The van der Waals surface area contributed by atoms with Gasteiger partial charge < -0.3 is 15.0 Å². The Balaban J connectivity index is 1.86. The second-order valence-electron chi connectivity index (χ2n) is 5.31. The highest BCUT2D eigenvalue weighted by Crippen LogP contribution is 2.15. The van der Waals surface area contributed by atoms with Crippen LogP contribution >= 0.6 is 0 Å². The molecule has 0 aromatic carbocycles. The van der Waals surface area contributed by atoms with Gasteiger partial charge in [0.05, 0.1) is 17.6 Å². The van der Waals surface area contributed by atoms with Crippen molar-refractivity contribution in [3.63, 3.8) is 0 Å². The SMILES string of the molecule is COC1CCCN(C(=O)CC2CS(=O)(=O)CCN2)C1. The summed E-state index contributed by atoms with van der Waals surface area (Å²) in [6.45, 7) is 1.81. The normalized spacial score (nSPS) is 31.1. The van der Waals surface area contributed by atoms with Gasteiger partial charge in [-0.05, 0) is 12.8 Å². The second-order valence-corrected chi connectivity index (χ2v) is 7.54. The lowest BCUT2D eigenvalue weighted by atomic mass is 10.1. The highest BCUT2D eigenvalue weighted by Gasteiger charge is 2.29. The Hall–Kier alpha value is -0.660. The van der Waals surface area contributed by atoms with E-state index in [0.717, 1.165) is 19.4 Å². The van der Waals surface area contributed by atoms with Gasteiger partial charge in [-0.3, -0.25) is 4.79 Å². The van der Waals surface area contributed by atoms with Crippen LogP contribution in [0, 0.1) is 0 Å². The molecule has 2 unspecified atom stereocenters. The summed E-state index contributed by atoms with van der Waals surface area (Å²) in [5.41, 5.74) is 0. The van der Waals surface area contributed by atoms with E-state index in [-0.39, 0.29) is 36.0 Å². The Morgan fingerprint density at radius 3 is 2.95 bits per heavy atom. The molecule has 0 saturated carbocycles. The van der Waals surface area contributed by atoms with Crippen LogP contribution in [0.15, 0.2) is 0 Å². The molecule has 1 amide bonds. The summed E-state index contributed by atoms with van der Waals surface area (Å²) >= 11 is 0. The first-order chi connectivity index (χ1) is 9.00. The van der Waals surface area contributed by atoms with Gasteiger partial charge in [-0.15, -0.1) is 0 Å². The number of sulfone groups is 1. The zero-order chi connectivity index (χ0) is 13.9. The highest BCUT2D eigenvalue weighted by atomic mass is 32.2. The van der Waals surface area contributed by atoms with Gasteiger partial charge >= 0.3 is 0 Å². The maximum Gasteiger partial charge on any atom is 0.224 e. The molecule has 110 valence electrons. The predicted molar refractivity (Wildman–Crippen MR) is 71.7 cm³/mol. The number of amides is 1. The van der Waals surface area contributed by atoms with E-state index >= 15 is 0 Å². The molecule has 2 aliphatic rings. The molecule has 6 nitrogen and oxygen atoms in total. The van der Waals surface area contributed by atoms with Gasteiger partial charge in [0.25, 0.3) is 0 Å². The van der Waals surface area contributed by atoms with E-state index in [1.807, 2.05) is 0 Å². The zero-order valence-corrected chi connectivity index (χ0v) is 12.1. The first-order valence-electron chi connectivity index (χ1n) is 6.74. The molecule has 2 atom stereocenters. The minimum absolute atomic E-state index is 0.0244. The smallest absolute Gasteiger partial charge is 0.224 e. The molecule has 0 aromatic heterocycles. The average molecular weight is 290 g/mol. The van der Waals surface area contributed by atoms with Crippen molar-refractivity contribution in [2.75, 3.05) is 38.2 Å². The summed E-state index contributed by atoms with van der Waals surface area (Å²) in [4.78, 5) is 14.0. The number of methoxy groups -OCH3 is 1. The van der Waals surface area contributed by atoms with Gasteiger partial charge in [0.1, 0.15) is 0 Å². The lowest BCUT2D eigenvalue weighted by Gasteiger charge is -2.33. The fraction of sp³-hybridized carbons (Fsp3) is 0.917. The van der Waals surface area contributed by atoms with Gasteiger partial charge in [0, 0.05) is 39.2 Å². The van der Waals surface area contributed by atoms with E-state index in [4.69, 9.17) is 4.74 Å². The van der Waals surface area contributed by atoms with Crippen LogP contribution in [-0.2, 0) is 19.4 Å². The summed E-state index contributed by atoms with van der Waals surface area (Å²) in [5.74, 6) is 0.268. The molecule has 2 aliphatic heterocycles. The molecule has 7 heteroatoms. The predicted octanol–water partition coefficient (Wildman–Crippen LogP) is -0.599. The number of nitrogens with one attached hydrogen (secondary N) is 1. The van der Waals surface area contributed by atoms with Crippen LogP contribution in [0.25, 0.3) is 0 Å². The fourth-order valence-corrected chi connectivity index (χ4v) is 4.14. The quantitative estimate of drug-likeness (QED) is 0.751. The van der Waals surface area contributed by atoms with Crippen LogP contribution in [-0.4, -0.2) is 69.6 Å². The molecule has 0 aromatic rings. The maximum atomic E-state index is 12.2. The number of rotatable bonds is 3. The van der Waals surface area contributed by atoms with Crippen LogP contribution in [0.3, 0.4) is 0 Å². The van der Waals surface area contributed by atoms with Crippen molar-refractivity contribution in [3.05, 3.63) is 0 Å². The average Bonchev–Trinajstić information content (AvgIpc) is 2.37. The molecule has 2 saturated heterocycles. The molecule has 0 aliphatic carbocycles. The van der Waals surface area contributed by atoms with E-state index in [2.05, 4.69) is 5.32 Å². The van der Waals surface area contributed by atoms with E-state index in [9.17, 15) is 13.2 Å². The van der Waals surface area contributed by atoms with E-state index in [1.165, 1.54) is 0 Å². The molecule has 2 heterocycles. The fourth-order valence-electron chi connectivity index (χ4n) is 2.70. The third-order valence-electron chi connectivity index (χ3n) is 3.79. The van der Waals surface area contributed by atoms with Crippen molar-refractivity contribution in [2.24, 2.45) is 0 Å². The summed E-state index contributed by atoms with van der Waals surface area (Å²) in [7, 11) is -1.32. The van der Waals surface area contributed by atoms with Crippen molar-refractivity contribution in [2.45, 2.75) is 31.4 Å². The van der Waals surface area contributed by atoms with Crippen molar-refractivity contribution in [1.29, 1.82) is 0 Å². The van der Waals surface area contributed by atoms with Gasteiger partial charge in [-0.25, -0.2) is 8.42 Å². The molecule has 0 spiro atoms. The molecule has 2 fully saturated rings. The minimum atomic E-state index is -2.98. The maximum absolute atomic E-state index is 12.2. The topological polar surface area (TPSA) is 75.7 Å². The van der Waals surface area contributed by atoms with Crippen LogP contribution in [0.2, 0.25) is 0 Å². The largest absolute Gasteiger partial charge is 0.380 e. The van der Waals surface area contributed by atoms with Crippen LogP contribution in [0.5, 0.6) is 0 Å². The summed E-state index contributed by atoms with van der Waals surface area (Å²) in [6.07, 6.45) is 2.30. The number of hydrogen-bond acceptors (Lipinski definition) is 5. The lowest BCUT2D eigenvalue weighted by Crippen LogP contribution is -2.49. The Kier molecular flexibility index (Phi) is 4.81. The Bertz CT molecular complexity index is 423. The lowest BCUT2D eigenvalue weighted by molar-refractivity contribution is -0.135. The number of carbonyl (C=O) groups is 1. The highest BCUT2D eigenvalue weighted by molar-refractivity contribution is 7.91. The van der Waals surface area contributed by atoms with Crippen LogP contribution < -0.4 is 5.32 Å². The van der Waals surface area contributed by atoms with Crippen molar-refractivity contribution in [1.82, 2.24) is 10.2 Å². The van der Waals surface area contributed by atoms with E-state index < -0.39 is 9.84 Å². The molecule has 1 N–H and O–H groups in total. The first kappa shape index (κ1) is 14.7. The van der Waals surface area contributed by atoms with Gasteiger partial charge in [-0.2, -0.15) is 0 Å². The molecule has 0 radical (unpaired) electrons. The molecule has 2 rings (SSSR count). The standard InChI is InChI=1S/C12H22N2O4S/c1-18-11-3-2-5-14(8-11)12(15)7-10-9-19(16,17)6-4-13-10/h10-11,13H,2-9H2,1H3. The third-order valence-corrected chi connectivity index (χ3v) is 5.52. The second kappa shape index (κ2) is 6.19. The Labute approximate surface area is 114 Å². The van der Waals surface area contributed by atoms with Crippen LogP contribution in [0.1, 0.15) is 19.3 Å². The summed E-state index contributed by atoms with van der Waals surface area (Å²) < 4.78 is 28.4.